The van der Waals surface area contributed by atoms with Crippen LogP contribution in [-0.2, 0) is 31.7 Å². The van der Waals surface area contributed by atoms with E-state index in [9.17, 15) is 18.0 Å². The van der Waals surface area contributed by atoms with E-state index in [0.717, 1.165) is 50.2 Å². The summed E-state index contributed by atoms with van der Waals surface area (Å²) in [5.41, 5.74) is 0.148. The van der Waals surface area contributed by atoms with Gasteiger partial charge in [-0.1, -0.05) is 13.8 Å². The fraction of sp³-hybridized carbons (Fsp3) is 0.531. The maximum Gasteiger partial charge on any atom is 0.416 e. The number of nitriles is 1. The fourth-order valence-electron chi connectivity index (χ4n) is 7.35. The zero-order chi connectivity index (χ0) is 31.2. The Hall–Kier alpha value is -3.98. The fourth-order valence-corrected chi connectivity index (χ4v) is 7.35. The number of likely N-dealkylation sites (tertiary alicyclic amines) is 1. The average Bonchev–Trinajstić information content (AvgIpc) is 3.53. The van der Waals surface area contributed by atoms with Gasteiger partial charge in [0.1, 0.15) is 23.8 Å². The lowest BCUT2D eigenvalue weighted by molar-refractivity contribution is -0.138. The van der Waals surface area contributed by atoms with Crippen LogP contribution in [0.3, 0.4) is 0 Å². The van der Waals surface area contributed by atoms with Gasteiger partial charge in [-0.2, -0.15) is 18.4 Å². The number of rotatable bonds is 8. The van der Waals surface area contributed by atoms with Gasteiger partial charge in [0.2, 0.25) is 0 Å². The van der Waals surface area contributed by atoms with Crippen molar-refractivity contribution in [2.24, 2.45) is 18.9 Å². The molecule has 9 nitrogen and oxygen atoms in total. The van der Waals surface area contributed by atoms with Gasteiger partial charge in [0.15, 0.2) is 0 Å². The number of halogens is 3. The largest absolute Gasteiger partial charge is 0.416 e. The van der Waals surface area contributed by atoms with Gasteiger partial charge < -0.3 is 9.88 Å². The third-order valence-corrected chi connectivity index (χ3v) is 9.27. The highest BCUT2D eigenvalue weighted by Crippen LogP contribution is 2.52. The zero-order valence-corrected chi connectivity index (χ0v) is 25.3. The van der Waals surface area contributed by atoms with Gasteiger partial charge in [-0.05, 0) is 85.0 Å². The number of carbonyl (C=O) groups is 1. The van der Waals surface area contributed by atoms with Crippen LogP contribution in [0.15, 0.2) is 30.6 Å². The van der Waals surface area contributed by atoms with Gasteiger partial charge >= 0.3 is 6.18 Å². The number of amides is 1. The zero-order valence-electron chi connectivity index (χ0n) is 25.3. The summed E-state index contributed by atoms with van der Waals surface area (Å²) in [5.74, 6) is 1.91. The van der Waals surface area contributed by atoms with Crippen LogP contribution in [0.2, 0.25) is 0 Å². The molecule has 1 aromatic carbocycles. The normalized spacial score (nSPS) is 23.8. The molecule has 6 rings (SSSR count). The molecule has 0 bridgehead atoms. The van der Waals surface area contributed by atoms with Crippen molar-refractivity contribution in [3.05, 3.63) is 64.2 Å². The highest BCUT2D eigenvalue weighted by atomic mass is 19.4. The van der Waals surface area contributed by atoms with Gasteiger partial charge in [0, 0.05) is 32.2 Å². The quantitative estimate of drug-likeness (QED) is 0.330. The summed E-state index contributed by atoms with van der Waals surface area (Å²) in [6.07, 6.45) is 0.994. The van der Waals surface area contributed by atoms with Crippen LogP contribution in [0.5, 0.6) is 0 Å². The molecule has 12 heteroatoms. The average molecular weight is 607 g/mol. The van der Waals surface area contributed by atoms with E-state index in [1.165, 1.54) is 11.0 Å². The Morgan fingerprint density at radius 2 is 1.95 bits per heavy atom. The van der Waals surface area contributed by atoms with Gasteiger partial charge in [-0.25, -0.2) is 4.98 Å². The Labute approximate surface area is 255 Å². The minimum atomic E-state index is -4.61. The number of hydrogen-bond acceptors (Lipinski definition) is 7. The van der Waals surface area contributed by atoms with Crippen molar-refractivity contribution in [1.82, 2.24) is 24.6 Å². The van der Waals surface area contributed by atoms with Gasteiger partial charge in [0.25, 0.3) is 5.91 Å². The molecule has 0 spiro atoms. The molecule has 1 saturated heterocycles. The monoisotopic (exact) mass is 606 g/mol. The number of pyridine rings is 1. The number of fused-ring (bicyclic) bond motifs is 1. The van der Waals surface area contributed by atoms with Crippen molar-refractivity contribution in [3.63, 3.8) is 0 Å². The molecule has 1 atom stereocenters. The second kappa shape index (κ2) is 11.5. The number of piperidine rings is 1. The summed E-state index contributed by atoms with van der Waals surface area (Å²) in [6, 6.07) is 8.66. The van der Waals surface area contributed by atoms with Crippen molar-refractivity contribution < 1.29 is 18.0 Å². The number of benzene rings is 1. The van der Waals surface area contributed by atoms with Crippen molar-refractivity contribution in [2.45, 2.75) is 70.6 Å². The summed E-state index contributed by atoms with van der Waals surface area (Å²) in [6.45, 7) is 6.43. The van der Waals surface area contributed by atoms with E-state index in [-0.39, 0.29) is 29.9 Å². The molecule has 0 unspecified atom stereocenters. The number of hydrogen-bond donors (Lipinski definition) is 1. The van der Waals surface area contributed by atoms with Crippen LogP contribution in [0.4, 0.5) is 24.8 Å². The van der Waals surface area contributed by atoms with Crippen LogP contribution in [0.1, 0.15) is 84.4 Å². The molecule has 2 aliphatic heterocycles. The number of anilines is 2. The molecule has 1 amide bonds. The first kappa shape index (κ1) is 30.1. The lowest BCUT2D eigenvalue weighted by Crippen LogP contribution is -2.43. The van der Waals surface area contributed by atoms with E-state index in [0.29, 0.717) is 36.3 Å². The number of aryl methyl sites for hydroxylation is 1. The maximum absolute atomic E-state index is 14.5. The molecule has 3 aromatic rings. The smallest absolute Gasteiger partial charge is 0.369 e. The SMILES string of the molecule is C[C@H]1CCCN(Cc2cc3c(c(C(F)(F)F)c2)CN(c2cc([C@]4(c5nncn5C)C[C@@H](C)C4)cc(NCCC#N)n2)C3=O)C1. The highest BCUT2D eigenvalue weighted by molar-refractivity contribution is 6.10. The lowest BCUT2D eigenvalue weighted by atomic mass is 9.58. The Balaban J connectivity index is 1.40. The molecule has 4 heterocycles. The molecule has 3 aliphatic rings. The molecule has 232 valence electrons. The molecule has 44 heavy (non-hydrogen) atoms. The van der Waals surface area contributed by atoms with Gasteiger partial charge in [0.05, 0.1) is 30.0 Å². The summed E-state index contributed by atoms with van der Waals surface area (Å²) < 4.78 is 45.2. The Morgan fingerprint density at radius 1 is 1.16 bits per heavy atom. The van der Waals surface area contributed by atoms with Crippen LogP contribution in [-0.4, -0.2) is 50.2 Å². The second-order valence-electron chi connectivity index (χ2n) is 12.8. The lowest BCUT2D eigenvalue weighted by Gasteiger charge is -2.46. The first-order valence-electron chi connectivity index (χ1n) is 15.2. The third-order valence-electron chi connectivity index (χ3n) is 9.27. The Morgan fingerprint density at radius 3 is 2.61 bits per heavy atom. The predicted octanol–water partition coefficient (Wildman–Crippen LogP) is 5.66. The first-order valence-corrected chi connectivity index (χ1v) is 15.2. The summed E-state index contributed by atoms with van der Waals surface area (Å²) >= 11 is 0. The topological polar surface area (TPSA) is 103 Å². The van der Waals surface area contributed by atoms with Gasteiger partial charge in [-0.3, -0.25) is 14.6 Å². The number of nitrogens with one attached hydrogen (secondary N) is 1. The number of aromatic nitrogens is 4. The maximum atomic E-state index is 14.5. The van der Waals surface area contributed by atoms with E-state index in [2.05, 4.69) is 45.3 Å². The van der Waals surface area contributed by atoms with Crippen LogP contribution in [0, 0.1) is 23.2 Å². The molecule has 1 saturated carbocycles. The third kappa shape index (κ3) is 5.54. The van der Waals surface area contributed by atoms with E-state index in [1.54, 1.807) is 12.4 Å². The van der Waals surface area contributed by atoms with Crippen molar-refractivity contribution in [3.8, 4) is 6.07 Å². The summed E-state index contributed by atoms with van der Waals surface area (Å²) in [7, 11) is 1.88. The molecular weight excluding hydrogens is 569 g/mol. The molecule has 0 radical (unpaired) electrons. The van der Waals surface area contributed by atoms with Crippen LogP contribution in [0.25, 0.3) is 0 Å². The van der Waals surface area contributed by atoms with Crippen molar-refractivity contribution >= 4 is 17.5 Å². The molecular formula is C32H37F3N8O. The standard InChI is InChI=1S/C32H37F3N8O/c1-20-6-4-9-42(16-20)17-22-10-24-25(26(11-22)32(33,34)35)18-43(29(24)44)28-13-23(12-27(39-28)37-8-5-7-36)31(14-21(2)15-31)30-40-38-19-41(30)3/h10-13,19-21H,4-6,8-9,14-18H2,1-3H3,(H,37,39)/t20-,21-,31+/m0/s1. The number of nitrogens with zero attached hydrogens (tertiary/aromatic N) is 7. The first-order chi connectivity index (χ1) is 21.0. The number of alkyl halides is 3. The van der Waals surface area contributed by atoms with Crippen LogP contribution < -0.4 is 10.2 Å². The highest BCUT2D eigenvalue weighted by Gasteiger charge is 2.49. The van der Waals surface area contributed by atoms with Gasteiger partial charge in [-0.15, -0.1) is 10.2 Å². The Kier molecular flexibility index (Phi) is 7.86. The minimum Gasteiger partial charge on any atom is -0.369 e. The van der Waals surface area contributed by atoms with E-state index in [1.807, 2.05) is 23.7 Å². The summed E-state index contributed by atoms with van der Waals surface area (Å²) in [5, 5.41) is 20.8. The minimum absolute atomic E-state index is 0.0234. The van der Waals surface area contributed by atoms with E-state index < -0.39 is 23.1 Å². The Bertz CT molecular complexity index is 1600. The molecule has 2 fully saturated rings. The second-order valence-corrected chi connectivity index (χ2v) is 12.8. The van der Waals surface area contributed by atoms with E-state index in [4.69, 9.17) is 5.26 Å². The molecule has 1 N–H and O–H groups in total. The summed E-state index contributed by atoms with van der Waals surface area (Å²) in [4.78, 5) is 22.1. The molecule has 2 aromatic heterocycles. The van der Waals surface area contributed by atoms with Crippen molar-refractivity contribution in [2.75, 3.05) is 29.9 Å². The molecule has 1 aliphatic carbocycles. The predicted molar refractivity (Wildman–Crippen MR) is 159 cm³/mol. The number of carbonyl (C=O) groups excluding carboxylic acids is 1. The van der Waals surface area contributed by atoms with E-state index >= 15 is 0 Å². The van der Waals surface area contributed by atoms with Crippen molar-refractivity contribution in [1.29, 1.82) is 5.26 Å². The van der Waals surface area contributed by atoms with Crippen LogP contribution >= 0.6 is 0 Å².